The van der Waals surface area contributed by atoms with Gasteiger partial charge in [0.1, 0.15) is 5.02 Å². The van der Waals surface area contributed by atoms with Gasteiger partial charge in [-0.1, -0.05) is 11.6 Å². The first-order valence-electron chi connectivity index (χ1n) is 4.47. The molecule has 0 saturated carbocycles. The molecule has 0 aromatic carbocycles. The zero-order valence-electron chi connectivity index (χ0n) is 8.78. The third-order valence-corrected chi connectivity index (χ3v) is 2.38. The van der Waals surface area contributed by atoms with E-state index in [2.05, 4.69) is 0 Å². The maximum atomic E-state index is 11.3. The number of aliphatic carboxylic acids is 1. The van der Waals surface area contributed by atoms with E-state index in [-0.39, 0.29) is 11.6 Å². The van der Waals surface area contributed by atoms with E-state index in [0.29, 0.717) is 0 Å². The van der Waals surface area contributed by atoms with E-state index in [4.69, 9.17) is 16.7 Å². The predicted molar refractivity (Wildman–Crippen MR) is 57.7 cm³/mol. The average Bonchev–Trinajstić information content (AvgIpc) is 2.13. The number of nitrogens with one attached hydrogen (secondary N) is 1. The van der Waals surface area contributed by atoms with E-state index in [9.17, 15) is 14.4 Å². The normalized spacial score (nSPS) is 11.4. The number of nitrogens with zero attached hydrogens (tertiary/aromatic N) is 1. The van der Waals surface area contributed by atoms with Crippen LogP contribution in [-0.4, -0.2) is 20.6 Å². The van der Waals surface area contributed by atoms with Crippen molar-refractivity contribution in [1.29, 1.82) is 0 Å². The molecule has 0 spiro atoms. The molecular weight excluding hydrogens is 236 g/mol. The van der Waals surface area contributed by atoms with Gasteiger partial charge in [-0.15, -0.1) is 0 Å². The molecule has 0 amide bonds. The molecule has 1 aromatic heterocycles. The van der Waals surface area contributed by atoms with Crippen molar-refractivity contribution < 1.29 is 9.90 Å². The monoisotopic (exact) mass is 246 g/mol. The topological polar surface area (TPSA) is 92.2 Å². The van der Waals surface area contributed by atoms with Gasteiger partial charge in [0.25, 0.3) is 5.56 Å². The molecule has 1 heterocycles. The fraction of sp³-hybridized carbons (Fsp3) is 0.444. The number of halogens is 1. The average molecular weight is 247 g/mol. The van der Waals surface area contributed by atoms with Crippen molar-refractivity contribution in [3.63, 3.8) is 0 Å². The van der Waals surface area contributed by atoms with Gasteiger partial charge in [-0.2, -0.15) is 0 Å². The van der Waals surface area contributed by atoms with E-state index in [1.165, 1.54) is 13.8 Å². The largest absolute Gasteiger partial charge is 0.481 e. The van der Waals surface area contributed by atoms with E-state index >= 15 is 0 Å². The van der Waals surface area contributed by atoms with Crippen molar-refractivity contribution in [2.45, 2.75) is 20.4 Å². The van der Waals surface area contributed by atoms with Gasteiger partial charge < -0.3 is 5.11 Å². The van der Waals surface area contributed by atoms with E-state index in [0.717, 1.165) is 10.8 Å². The summed E-state index contributed by atoms with van der Waals surface area (Å²) in [5, 5.41) is 8.75. The maximum Gasteiger partial charge on any atom is 0.328 e. The van der Waals surface area contributed by atoms with E-state index in [1.807, 2.05) is 4.98 Å². The second-order valence-electron chi connectivity index (χ2n) is 4.05. The molecule has 0 aliphatic rings. The van der Waals surface area contributed by atoms with Crippen LogP contribution in [0.5, 0.6) is 0 Å². The summed E-state index contributed by atoms with van der Waals surface area (Å²) < 4.78 is 1.07. The quantitative estimate of drug-likeness (QED) is 0.802. The molecule has 16 heavy (non-hydrogen) atoms. The van der Waals surface area contributed by atoms with Crippen LogP contribution in [0.3, 0.4) is 0 Å². The minimum absolute atomic E-state index is 0.0718. The number of aromatic nitrogens is 2. The fourth-order valence-corrected chi connectivity index (χ4v) is 1.26. The maximum absolute atomic E-state index is 11.3. The molecule has 0 saturated heterocycles. The Morgan fingerprint density at radius 2 is 2.12 bits per heavy atom. The molecule has 6 nitrogen and oxygen atoms in total. The van der Waals surface area contributed by atoms with Crippen molar-refractivity contribution in [1.82, 2.24) is 9.55 Å². The molecule has 1 rings (SSSR count). The number of rotatable bonds is 3. The highest BCUT2D eigenvalue weighted by Crippen LogP contribution is 2.17. The Morgan fingerprint density at radius 3 is 2.62 bits per heavy atom. The Labute approximate surface area is 95.5 Å². The predicted octanol–water partition coefficient (Wildman–Crippen LogP) is 0.301. The summed E-state index contributed by atoms with van der Waals surface area (Å²) in [4.78, 5) is 35.2. The standard InChI is InChI=1S/C9H11ClN2O4/c1-9(2,7(14)15)4-12-3-5(10)6(13)11-8(12)16/h3H,4H2,1-2H3,(H,14,15)(H,11,13,16). The summed E-state index contributed by atoms with van der Waals surface area (Å²) in [6.07, 6.45) is 1.13. The minimum Gasteiger partial charge on any atom is -0.481 e. The van der Waals surface area contributed by atoms with Crippen molar-refractivity contribution in [3.05, 3.63) is 32.1 Å². The molecule has 7 heteroatoms. The third-order valence-electron chi connectivity index (χ3n) is 2.11. The zero-order valence-corrected chi connectivity index (χ0v) is 9.54. The Hall–Kier alpha value is -1.56. The molecule has 0 aliphatic carbocycles. The van der Waals surface area contributed by atoms with Crippen LogP contribution in [0.25, 0.3) is 0 Å². The van der Waals surface area contributed by atoms with E-state index < -0.39 is 22.6 Å². The van der Waals surface area contributed by atoms with Crippen molar-refractivity contribution >= 4 is 17.6 Å². The van der Waals surface area contributed by atoms with Gasteiger partial charge >= 0.3 is 11.7 Å². The SMILES string of the molecule is CC(C)(Cn1cc(Cl)c(=O)[nH]c1=O)C(=O)O. The highest BCUT2D eigenvalue weighted by molar-refractivity contribution is 6.30. The lowest BCUT2D eigenvalue weighted by Gasteiger charge is -2.19. The van der Waals surface area contributed by atoms with Gasteiger partial charge in [0.15, 0.2) is 0 Å². The molecule has 0 fully saturated rings. The number of carboxylic acids is 1. The summed E-state index contributed by atoms with van der Waals surface area (Å²) >= 11 is 5.54. The summed E-state index contributed by atoms with van der Waals surface area (Å²) in [6, 6.07) is 0. The molecule has 0 unspecified atom stereocenters. The zero-order chi connectivity index (χ0) is 12.5. The summed E-state index contributed by atoms with van der Waals surface area (Å²) in [7, 11) is 0. The van der Waals surface area contributed by atoms with Crippen LogP contribution in [0.15, 0.2) is 15.8 Å². The smallest absolute Gasteiger partial charge is 0.328 e. The van der Waals surface area contributed by atoms with Crippen LogP contribution in [-0.2, 0) is 11.3 Å². The first-order chi connectivity index (χ1) is 7.24. The molecular formula is C9H11ClN2O4. The minimum atomic E-state index is -1.12. The first-order valence-corrected chi connectivity index (χ1v) is 4.84. The van der Waals surface area contributed by atoms with Crippen LogP contribution >= 0.6 is 11.6 Å². The van der Waals surface area contributed by atoms with Crippen molar-refractivity contribution in [2.75, 3.05) is 0 Å². The lowest BCUT2D eigenvalue weighted by atomic mass is 9.94. The van der Waals surface area contributed by atoms with Crippen LogP contribution < -0.4 is 11.2 Å². The number of hydrogen-bond acceptors (Lipinski definition) is 3. The fourth-order valence-electron chi connectivity index (χ4n) is 1.09. The molecule has 0 radical (unpaired) electrons. The van der Waals surface area contributed by atoms with E-state index in [1.54, 1.807) is 0 Å². The molecule has 2 N–H and O–H groups in total. The second kappa shape index (κ2) is 4.13. The number of carbonyl (C=O) groups is 1. The highest BCUT2D eigenvalue weighted by Gasteiger charge is 2.28. The summed E-state index contributed by atoms with van der Waals surface area (Å²) in [5.41, 5.74) is -2.48. The number of H-pyrrole nitrogens is 1. The number of carboxylic acid groups (broad SMARTS) is 1. The first kappa shape index (κ1) is 12.5. The lowest BCUT2D eigenvalue weighted by molar-refractivity contribution is -0.147. The number of hydrogen-bond donors (Lipinski definition) is 2. The van der Waals surface area contributed by atoms with Crippen molar-refractivity contribution in [2.24, 2.45) is 5.41 Å². The van der Waals surface area contributed by atoms with Gasteiger partial charge in [-0.25, -0.2) is 4.79 Å². The Balaban J connectivity index is 3.17. The Morgan fingerprint density at radius 1 is 1.56 bits per heavy atom. The van der Waals surface area contributed by atoms with Gasteiger partial charge in [0, 0.05) is 12.7 Å². The van der Waals surface area contributed by atoms with Gasteiger partial charge in [-0.3, -0.25) is 19.1 Å². The number of aromatic amines is 1. The molecule has 1 aromatic rings. The van der Waals surface area contributed by atoms with Gasteiger partial charge in [0.2, 0.25) is 0 Å². The Kier molecular flexibility index (Phi) is 3.23. The molecule has 0 atom stereocenters. The van der Waals surface area contributed by atoms with Crippen LogP contribution in [0, 0.1) is 5.41 Å². The van der Waals surface area contributed by atoms with Crippen LogP contribution in [0.4, 0.5) is 0 Å². The van der Waals surface area contributed by atoms with Gasteiger partial charge in [-0.05, 0) is 13.8 Å². The molecule has 0 bridgehead atoms. The van der Waals surface area contributed by atoms with Crippen LogP contribution in [0.1, 0.15) is 13.8 Å². The summed E-state index contributed by atoms with van der Waals surface area (Å²) in [5.74, 6) is -1.04. The summed E-state index contributed by atoms with van der Waals surface area (Å²) in [6.45, 7) is 2.87. The Bertz CT molecular complexity index is 529. The third kappa shape index (κ3) is 2.52. The van der Waals surface area contributed by atoms with Gasteiger partial charge in [0.05, 0.1) is 5.41 Å². The highest BCUT2D eigenvalue weighted by atomic mass is 35.5. The van der Waals surface area contributed by atoms with Crippen molar-refractivity contribution in [3.8, 4) is 0 Å². The molecule has 0 aliphatic heterocycles. The second-order valence-corrected chi connectivity index (χ2v) is 4.46. The van der Waals surface area contributed by atoms with Crippen LogP contribution in [0.2, 0.25) is 5.02 Å². The lowest BCUT2D eigenvalue weighted by Crippen LogP contribution is -2.37. The molecule has 88 valence electrons.